The smallest absolute Gasteiger partial charge is 0.450 e. The minimum absolute atomic E-state index is 0.249. The number of hydrogen-bond donors (Lipinski definition) is 0. The van der Waals surface area contributed by atoms with Gasteiger partial charge in [0, 0.05) is 6.07 Å². The highest BCUT2D eigenvalue weighted by Crippen LogP contribution is 2.51. The summed E-state index contributed by atoms with van der Waals surface area (Å²) < 4.78 is 148. The van der Waals surface area contributed by atoms with Crippen LogP contribution in [-0.2, 0) is 31.1 Å². The van der Waals surface area contributed by atoms with Crippen molar-refractivity contribution in [2.24, 2.45) is 0 Å². The standard InChI is InChI=1S/C21H12F6O7S3/c22-19(23,20(24,25)36(28,29)30)21(26,27)37(31,32)34-13-6-5-7-14(12-13)35-17-10-3-1-8-15(17)33-16-9-2-4-11-18(16)35/h1-12H. The van der Waals surface area contributed by atoms with E-state index in [1.165, 1.54) is 6.07 Å². The monoisotopic (exact) mass is 586 g/mol. The van der Waals surface area contributed by atoms with Crippen LogP contribution in [-0.4, -0.2) is 37.8 Å². The van der Waals surface area contributed by atoms with Gasteiger partial charge in [0.2, 0.25) is 9.79 Å². The third-order valence-corrected chi connectivity index (χ3v) is 9.42. The molecule has 198 valence electrons. The zero-order valence-electron chi connectivity index (χ0n) is 17.8. The molecule has 1 aliphatic rings. The van der Waals surface area contributed by atoms with Crippen LogP contribution in [0, 0.1) is 0 Å². The van der Waals surface area contributed by atoms with Crippen molar-refractivity contribution in [3.63, 3.8) is 0 Å². The number of halogens is 6. The Balaban J connectivity index is 1.75. The Kier molecular flexibility index (Phi) is 6.46. The number of alkyl halides is 6. The molecule has 4 rings (SSSR count). The van der Waals surface area contributed by atoms with Crippen LogP contribution in [0.25, 0.3) is 0 Å². The highest BCUT2D eigenvalue weighted by Gasteiger charge is 2.81. The molecule has 1 heterocycles. The SMILES string of the molecule is O=S(=O)([O-])C(F)(F)C(F)(F)C(F)(F)S(=O)(=O)Oc1cccc([S+]2c3ccccc3Oc3ccccc32)c1. The summed E-state index contributed by atoms with van der Waals surface area (Å²) in [6.45, 7) is 0. The van der Waals surface area contributed by atoms with Gasteiger partial charge in [-0.3, -0.25) is 0 Å². The maximum absolute atomic E-state index is 14.2. The second kappa shape index (κ2) is 8.82. The van der Waals surface area contributed by atoms with Crippen LogP contribution >= 0.6 is 0 Å². The van der Waals surface area contributed by atoms with E-state index in [1.54, 1.807) is 48.5 Å². The average Bonchev–Trinajstić information content (AvgIpc) is 2.81. The molecule has 0 radical (unpaired) electrons. The highest BCUT2D eigenvalue weighted by molar-refractivity contribution is 7.97. The number of rotatable bonds is 7. The van der Waals surface area contributed by atoms with Gasteiger partial charge < -0.3 is 13.5 Å². The Morgan fingerprint density at radius 3 is 1.76 bits per heavy atom. The van der Waals surface area contributed by atoms with E-state index < -0.39 is 53.3 Å². The minimum atomic E-state index is -7.40. The topological polar surface area (TPSA) is 110 Å². The van der Waals surface area contributed by atoms with Crippen LogP contribution < -0.4 is 8.92 Å². The third-order valence-electron chi connectivity index (χ3n) is 4.96. The molecule has 0 unspecified atom stereocenters. The Morgan fingerprint density at radius 2 is 1.24 bits per heavy atom. The van der Waals surface area contributed by atoms with Gasteiger partial charge in [0.25, 0.3) is 0 Å². The zero-order valence-corrected chi connectivity index (χ0v) is 20.2. The molecular weight excluding hydrogens is 574 g/mol. The lowest BCUT2D eigenvalue weighted by molar-refractivity contribution is -0.247. The lowest BCUT2D eigenvalue weighted by Gasteiger charge is -2.32. The summed E-state index contributed by atoms with van der Waals surface area (Å²) in [4.78, 5) is 1.44. The summed E-state index contributed by atoms with van der Waals surface area (Å²) >= 11 is 0. The van der Waals surface area contributed by atoms with Crippen LogP contribution in [0.5, 0.6) is 17.2 Å². The first kappa shape index (κ1) is 27.1. The van der Waals surface area contributed by atoms with Crippen molar-refractivity contribution in [1.82, 2.24) is 0 Å². The van der Waals surface area contributed by atoms with Crippen LogP contribution in [0.3, 0.4) is 0 Å². The van der Waals surface area contributed by atoms with Crippen LogP contribution in [0.2, 0.25) is 0 Å². The summed E-state index contributed by atoms with van der Waals surface area (Å²) in [6, 6.07) is 17.6. The Morgan fingerprint density at radius 1 is 0.730 bits per heavy atom. The first-order valence-electron chi connectivity index (χ1n) is 9.74. The Hall–Kier alpha value is -2.95. The summed E-state index contributed by atoms with van der Waals surface area (Å²) in [7, 11) is -15.4. The molecule has 3 aromatic carbocycles. The summed E-state index contributed by atoms with van der Waals surface area (Å²) in [5, 5.41) is -13.8. The molecule has 7 nitrogen and oxygen atoms in total. The molecule has 0 aliphatic carbocycles. The molecule has 0 fully saturated rings. The maximum Gasteiger partial charge on any atom is 0.450 e. The largest absolute Gasteiger partial charge is 0.743 e. The van der Waals surface area contributed by atoms with E-state index in [2.05, 4.69) is 4.18 Å². The molecule has 16 heteroatoms. The average molecular weight is 587 g/mol. The molecule has 0 atom stereocenters. The number of hydrogen-bond acceptors (Lipinski definition) is 7. The number of ether oxygens (including phenoxy) is 1. The van der Waals surface area contributed by atoms with Crippen LogP contribution in [0.15, 0.2) is 87.5 Å². The zero-order chi connectivity index (χ0) is 27.4. The van der Waals surface area contributed by atoms with E-state index in [0.717, 1.165) is 18.2 Å². The molecule has 0 N–H and O–H groups in total. The van der Waals surface area contributed by atoms with Crippen LogP contribution in [0.1, 0.15) is 0 Å². The van der Waals surface area contributed by atoms with E-state index in [4.69, 9.17) is 4.74 Å². The molecule has 0 amide bonds. The van der Waals surface area contributed by atoms with Crippen molar-refractivity contribution in [2.45, 2.75) is 31.1 Å². The quantitative estimate of drug-likeness (QED) is 0.130. The fourth-order valence-corrected chi connectivity index (χ4v) is 6.87. The van der Waals surface area contributed by atoms with Crippen molar-refractivity contribution in [1.29, 1.82) is 0 Å². The van der Waals surface area contributed by atoms with Crippen molar-refractivity contribution < 1.29 is 56.7 Å². The predicted octanol–water partition coefficient (Wildman–Crippen LogP) is 4.96. The summed E-state index contributed by atoms with van der Waals surface area (Å²) in [5.41, 5.74) is 0. The van der Waals surface area contributed by atoms with Crippen molar-refractivity contribution in [3.05, 3.63) is 72.8 Å². The lowest BCUT2D eigenvalue weighted by atomic mass is 10.3. The molecule has 3 aromatic rings. The molecule has 0 aromatic heterocycles. The van der Waals surface area contributed by atoms with Gasteiger partial charge in [-0.1, -0.05) is 30.3 Å². The summed E-state index contributed by atoms with van der Waals surface area (Å²) in [6.07, 6.45) is 0. The third kappa shape index (κ3) is 4.30. The van der Waals surface area contributed by atoms with Gasteiger partial charge in [-0.25, -0.2) is 8.42 Å². The van der Waals surface area contributed by atoms with Crippen molar-refractivity contribution in [2.75, 3.05) is 0 Å². The fraction of sp³-hybridized carbons (Fsp3) is 0.143. The Bertz CT molecular complexity index is 1530. The lowest BCUT2D eigenvalue weighted by Crippen LogP contribution is -2.61. The van der Waals surface area contributed by atoms with Gasteiger partial charge in [0.05, 0.1) is 0 Å². The van der Waals surface area contributed by atoms with E-state index in [0.29, 0.717) is 21.3 Å². The predicted molar refractivity (Wildman–Crippen MR) is 116 cm³/mol. The highest BCUT2D eigenvalue weighted by atomic mass is 32.2. The van der Waals surface area contributed by atoms with Crippen LogP contribution in [0.4, 0.5) is 26.3 Å². The first-order chi connectivity index (χ1) is 17.0. The summed E-state index contributed by atoms with van der Waals surface area (Å²) in [5.74, 6) is -7.28. The van der Waals surface area contributed by atoms with Gasteiger partial charge in [-0.05, 0) is 36.4 Å². The molecule has 0 saturated heterocycles. The van der Waals surface area contributed by atoms with E-state index in [9.17, 15) is 47.7 Å². The van der Waals surface area contributed by atoms with E-state index in [-0.39, 0.29) is 4.90 Å². The van der Waals surface area contributed by atoms with Gasteiger partial charge in [0.1, 0.15) is 16.6 Å². The maximum atomic E-state index is 14.2. The molecule has 37 heavy (non-hydrogen) atoms. The van der Waals surface area contributed by atoms with Gasteiger partial charge in [0.15, 0.2) is 26.5 Å². The number of fused-ring (bicyclic) bond motifs is 2. The Labute approximate surface area is 208 Å². The molecule has 0 saturated carbocycles. The van der Waals surface area contributed by atoms with Crippen molar-refractivity contribution >= 4 is 31.1 Å². The normalized spacial score (nSPS) is 14.9. The second-order valence-corrected chi connectivity index (χ2v) is 12.3. The van der Waals surface area contributed by atoms with E-state index >= 15 is 0 Å². The first-order valence-corrected chi connectivity index (χ1v) is 13.8. The van der Waals surface area contributed by atoms with Crippen molar-refractivity contribution in [3.8, 4) is 17.2 Å². The van der Waals surface area contributed by atoms with Gasteiger partial charge in [-0.2, -0.15) is 34.8 Å². The second-order valence-electron chi connectivity index (χ2n) is 7.38. The molecular formula is C21H12F6O7S3. The van der Waals surface area contributed by atoms with E-state index in [1.807, 2.05) is 0 Å². The fourth-order valence-electron chi connectivity index (χ4n) is 3.21. The molecule has 1 aliphatic heterocycles. The number of para-hydroxylation sites is 2. The molecule has 0 spiro atoms. The van der Waals surface area contributed by atoms with Gasteiger partial charge in [-0.15, -0.1) is 0 Å². The molecule has 0 bridgehead atoms. The van der Waals surface area contributed by atoms with Gasteiger partial charge >= 0.3 is 26.5 Å². The minimum Gasteiger partial charge on any atom is -0.743 e. The number of benzene rings is 3.